The Bertz CT molecular complexity index is 371. The van der Waals surface area contributed by atoms with E-state index >= 15 is 0 Å². The van der Waals surface area contributed by atoms with Gasteiger partial charge in [-0.1, -0.05) is 26.0 Å². The molecule has 0 aromatic heterocycles. The molecular weight excluding hydrogens is 208 g/mol. The fourth-order valence-corrected chi connectivity index (χ4v) is 2.77. The van der Waals surface area contributed by atoms with Crippen LogP contribution in [0.2, 0.25) is 0 Å². The van der Waals surface area contributed by atoms with Gasteiger partial charge in [-0.25, -0.2) is 0 Å². The van der Waals surface area contributed by atoms with Crippen LogP contribution in [0.5, 0.6) is 0 Å². The number of hydrogen-bond donors (Lipinski definition) is 1. The summed E-state index contributed by atoms with van der Waals surface area (Å²) in [5.74, 6) is 0. The monoisotopic (exact) mass is 232 g/mol. The number of piperidine rings is 1. The Balaban J connectivity index is 1.86. The molecule has 0 atom stereocenters. The predicted octanol–water partition coefficient (Wildman–Crippen LogP) is 2.93. The van der Waals surface area contributed by atoms with E-state index in [0.717, 1.165) is 18.7 Å². The van der Waals surface area contributed by atoms with Crippen molar-refractivity contribution in [2.24, 2.45) is 5.41 Å². The zero-order chi connectivity index (χ0) is 12.3. The molecule has 17 heavy (non-hydrogen) atoms. The molecule has 0 saturated carbocycles. The molecule has 2 heteroatoms. The van der Waals surface area contributed by atoms with Crippen molar-refractivity contribution < 1.29 is 0 Å². The van der Waals surface area contributed by atoms with Crippen molar-refractivity contribution in [3.63, 3.8) is 0 Å². The van der Waals surface area contributed by atoms with E-state index in [4.69, 9.17) is 5.73 Å². The topological polar surface area (TPSA) is 29.3 Å². The van der Waals surface area contributed by atoms with Crippen LogP contribution in [-0.4, -0.2) is 24.5 Å². The van der Waals surface area contributed by atoms with Gasteiger partial charge in [0.05, 0.1) is 0 Å². The van der Waals surface area contributed by atoms with E-state index in [0.29, 0.717) is 5.41 Å². The van der Waals surface area contributed by atoms with Gasteiger partial charge in [0.25, 0.3) is 0 Å². The maximum atomic E-state index is 5.80. The van der Waals surface area contributed by atoms with E-state index in [1.807, 2.05) is 12.1 Å². The SMILES string of the molecule is CC1(C)CCCN(CCc2cccc(N)c2)C1. The second-order valence-corrected chi connectivity index (χ2v) is 6.04. The minimum Gasteiger partial charge on any atom is -0.399 e. The second-order valence-electron chi connectivity index (χ2n) is 6.04. The molecule has 2 rings (SSSR count). The molecule has 0 unspecified atom stereocenters. The predicted molar refractivity (Wildman–Crippen MR) is 74.0 cm³/mol. The van der Waals surface area contributed by atoms with Crippen molar-refractivity contribution in [3.05, 3.63) is 29.8 Å². The first-order chi connectivity index (χ1) is 8.05. The van der Waals surface area contributed by atoms with E-state index in [9.17, 15) is 0 Å². The lowest BCUT2D eigenvalue weighted by molar-refractivity contribution is 0.119. The van der Waals surface area contributed by atoms with E-state index in [1.54, 1.807) is 0 Å². The maximum Gasteiger partial charge on any atom is 0.0316 e. The minimum absolute atomic E-state index is 0.494. The van der Waals surface area contributed by atoms with E-state index in [1.165, 1.54) is 31.5 Å². The van der Waals surface area contributed by atoms with Crippen molar-refractivity contribution in [2.45, 2.75) is 33.1 Å². The van der Waals surface area contributed by atoms with Crippen LogP contribution in [0.4, 0.5) is 5.69 Å². The summed E-state index contributed by atoms with van der Waals surface area (Å²) < 4.78 is 0. The van der Waals surface area contributed by atoms with Gasteiger partial charge < -0.3 is 10.6 Å². The average molecular weight is 232 g/mol. The lowest BCUT2D eigenvalue weighted by Crippen LogP contribution is -2.40. The van der Waals surface area contributed by atoms with Crippen molar-refractivity contribution in [2.75, 3.05) is 25.4 Å². The van der Waals surface area contributed by atoms with Crippen molar-refractivity contribution >= 4 is 5.69 Å². The molecule has 1 aliphatic rings. The number of nitrogens with two attached hydrogens (primary N) is 1. The molecule has 1 aliphatic heterocycles. The Morgan fingerprint density at radius 3 is 2.88 bits per heavy atom. The van der Waals surface area contributed by atoms with Crippen LogP contribution in [0.3, 0.4) is 0 Å². The van der Waals surface area contributed by atoms with Crippen LogP contribution in [0.15, 0.2) is 24.3 Å². The van der Waals surface area contributed by atoms with Gasteiger partial charge in [-0.15, -0.1) is 0 Å². The number of nitrogens with zero attached hydrogens (tertiary/aromatic N) is 1. The third-order valence-corrected chi connectivity index (χ3v) is 3.65. The summed E-state index contributed by atoms with van der Waals surface area (Å²) in [6, 6.07) is 8.26. The molecule has 0 bridgehead atoms. The second kappa shape index (κ2) is 5.09. The molecule has 0 spiro atoms. The summed E-state index contributed by atoms with van der Waals surface area (Å²) in [7, 11) is 0. The summed E-state index contributed by atoms with van der Waals surface area (Å²) in [4.78, 5) is 2.59. The van der Waals surface area contributed by atoms with E-state index in [2.05, 4.69) is 30.9 Å². The summed E-state index contributed by atoms with van der Waals surface area (Å²) >= 11 is 0. The minimum atomic E-state index is 0.494. The highest BCUT2D eigenvalue weighted by Crippen LogP contribution is 2.28. The van der Waals surface area contributed by atoms with Crippen LogP contribution in [-0.2, 0) is 6.42 Å². The highest BCUT2D eigenvalue weighted by atomic mass is 15.1. The first kappa shape index (κ1) is 12.4. The van der Waals surface area contributed by atoms with Gasteiger partial charge in [0.15, 0.2) is 0 Å². The zero-order valence-electron chi connectivity index (χ0n) is 11.1. The van der Waals surface area contributed by atoms with Gasteiger partial charge in [0.1, 0.15) is 0 Å². The first-order valence-corrected chi connectivity index (χ1v) is 6.62. The van der Waals surface area contributed by atoms with Gasteiger partial charge in [-0.05, 0) is 48.9 Å². The van der Waals surface area contributed by atoms with E-state index < -0.39 is 0 Å². The lowest BCUT2D eigenvalue weighted by Gasteiger charge is -2.38. The van der Waals surface area contributed by atoms with Crippen LogP contribution in [0.25, 0.3) is 0 Å². The molecule has 1 aromatic carbocycles. The van der Waals surface area contributed by atoms with E-state index in [-0.39, 0.29) is 0 Å². The third kappa shape index (κ3) is 3.74. The molecule has 1 aromatic rings. The van der Waals surface area contributed by atoms with Crippen LogP contribution >= 0.6 is 0 Å². The highest BCUT2D eigenvalue weighted by molar-refractivity contribution is 5.40. The average Bonchev–Trinajstić information content (AvgIpc) is 2.25. The highest BCUT2D eigenvalue weighted by Gasteiger charge is 2.25. The van der Waals surface area contributed by atoms with Gasteiger partial charge in [0, 0.05) is 18.8 Å². The maximum absolute atomic E-state index is 5.80. The fraction of sp³-hybridized carbons (Fsp3) is 0.600. The molecule has 1 heterocycles. The Morgan fingerprint density at radius 1 is 1.35 bits per heavy atom. The molecule has 2 N–H and O–H groups in total. The molecule has 0 aliphatic carbocycles. The Morgan fingerprint density at radius 2 is 2.18 bits per heavy atom. The number of hydrogen-bond acceptors (Lipinski definition) is 2. The first-order valence-electron chi connectivity index (χ1n) is 6.62. The van der Waals surface area contributed by atoms with Crippen LogP contribution < -0.4 is 5.73 Å². The van der Waals surface area contributed by atoms with Crippen molar-refractivity contribution in [1.29, 1.82) is 0 Å². The summed E-state index contributed by atoms with van der Waals surface area (Å²) in [5.41, 5.74) is 8.52. The number of likely N-dealkylation sites (tertiary alicyclic amines) is 1. The van der Waals surface area contributed by atoms with Gasteiger partial charge in [0.2, 0.25) is 0 Å². The van der Waals surface area contributed by atoms with Crippen LogP contribution in [0, 0.1) is 5.41 Å². The fourth-order valence-electron chi connectivity index (χ4n) is 2.77. The molecule has 0 amide bonds. The smallest absolute Gasteiger partial charge is 0.0316 e. The molecule has 0 radical (unpaired) electrons. The normalized spacial score (nSPS) is 20.4. The van der Waals surface area contributed by atoms with Gasteiger partial charge in [-0.2, -0.15) is 0 Å². The lowest BCUT2D eigenvalue weighted by atomic mass is 9.84. The van der Waals surface area contributed by atoms with Crippen molar-refractivity contribution in [1.82, 2.24) is 4.90 Å². The Hall–Kier alpha value is -1.02. The summed E-state index contributed by atoms with van der Waals surface area (Å²) in [5, 5.41) is 0. The quantitative estimate of drug-likeness (QED) is 0.812. The Labute approximate surface area is 105 Å². The molecule has 2 nitrogen and oxygen atoms in total. The van der Waals surface area contributed by atoms with Crippen LogP contribution in [0.1, 0.15) is 32.3 Å². The van der Waals surface area contributed by atoms with Gasteiger partial charge >= 0.3 is 0 Å². The summed E-state index contributed by atoms with van der Waals surface area (Å²) in [6.07, 6.45) is 3.81. The number of rotatable bonds is 3. The van der Waals surface area contributed by atoms with Crippen molar-refractivity contribution in [3.8, 4) is 0 Å². The third-order valence-electron chi connectivity index (χ3n) is 3.65. The molecule has 94 valence electrons. The molecular formula is C15H24N2. The number of nitrogen functional groups attached to an aromatic ring is 1. The molecule has 1 fully saturated rings. The Kier molecular flexibility index (Phi) is 3.72. The number of benzene rings is 1. The standard InChI is InChI=1S/C15H24N2/c1-15(2)8-4-9-17(12-15)10-7-13-5-3-6-14(16)11-13/h3,5-6,11H,4,7-10,12,16H2,1-2H3. The number of anilines is 1. The summed E-state index contributed by atoms with van der Waals surface area (Å²) in [6.45, 7) is 8.40. The van der Waals surface area contributed by atoms with Gasteiger partial charge in [-0.3, -0.25) is 0 Å². The zero-order valence-corrected chi connectivity index (χ0v) is 11.1. The largest absolute Gasteiger partial charge is 0.399 e. The molecule has 1 saturated heterocycles.